The summed E-state index contributed by atoms with van der Waals surface area (Å²) in [5.74, 6) is -4.05. The molecule has 0 saturated carbocycles. The molecule has 1 atom stereocenters. The Morgan fingerprint density at radius 3 is 2.35 bits per heavy atom. The summed E-state index contributed by atoms with van der Waals surface area (Å²) in [6, 6.07) is 16.9. The van der Waals surface area contributed by atoms with E-state index in [9.17, 15) is 23.5 Å². The van der Waals surface area contributed by atoms with E-state index in [1.165, 1.54) is 19.2 Å². The van der Waals surface area contributed by atoms with Crippen LogP contribution in [0.4, 0.5) is 14.5 Å². The van der Waals surface area contributed by atoms with Gasteiger partial charge in [0.15, 0.2) is 11.6 Å². The molecule has 0 radical (unpaired) electrons. The standard InChI is InChI=1S/C24H17F2NO4/c1-31-17-9-5-8-15(12-17)22(28)20-21(14-6-3-2-4-7-14)27(24(30)23(20)29)16-10-11-18(25)19(26)13-16/h2-13,21,28H,1H3/b22-20+. The van der Waals surface area contributed by atoms with Crippen molar-refractivity contribution in [3.63, 3.8) is 0 Å². The highest BCUT2D eigenvalue weighted by molar-refractivity contribution is 6.51. The number of ketones is 1. The average molecular weight is 421 g/mol. The van der Waals surface area contributed by atoms with E-state index in [1.807, 2.05) is 0 Å². The Labute approximate surface area is 176 Å². The molecule has 1 heterocycles. The lowest BCUT2D eigenvalue weighted by atomic mass is 9.95. The highest BCUT2D eigenvalue weighted by atomic mass is 19.2. The summed E-state index contributed by atoms with van der Waals surface area (Å²) in [5.41, 5.74) is 0.646. The van der Waals surface area contributed by atoms with Crippen molar-refractivity contribution in [2.45, 2.75) is 6.04 Å². The highest BCUT2D eigenvalue weighted by Crippen LogP contribution is 2.42. The molecular formula is C24H17F2NO4. The number of benzene rings is 3. The predicted molar refractivity (Wildman–Crippen MR) is 111 cm³/mol. The van der Waals surface area contributed by atoms with Crippen LogP contribution in [0, 0.1) is 11.6 Å². The fraction of sp³-hybridized carbons (Fsp3) is 0.0833. The van der Waals surface area contributed by atoms with Gasteiger partial charge in [-0.1, -0.05) is 42.5 Å². The van der Waals surface area contributed by atoms with E-state index in [0.29, 0.717) is 11.3 Å². The van der Waals surface area contributed by atoms with Gasteiger partial charge in [0.2, 0.25) is 0 Å². The van der Waals surface area contributed by atoms with Gasteiger partial charge in [-0.05, 0) is 29.8 Å². The summed E-state index contributed by atoms with van der Waals surface area (Å²) in [6.45, 7) is 0. The van der Waals surface area contributed by atoms with Gasteiger partial charge < -0.3 is 9.84 Å². The maximum atomic E-state index is 13.9. The molecule has 156 valence electrons. The topological polar surface area (TPSA) is 66.8 Å². The third-order valence-corrected chi connectivity index (χ3v) is 5.08. The number of hydrogen-bond donors (Lipinski definition) is 1. The van der Waals surface area contributed by atoms with Crippen LogP contribution in [0.1, 0.15) is 17.2 Å². The first kappa shape index (κ1) is 20.3. The Bertz CT molecular complexity index is 1210. The molecule has 1 aliphatic heterocycles. The summed E-state index contributed by atoms with van der Waals surface area (Å²) >= 11 is 0. The van der Waals surface area contributed by atoms with Crippen LogP contribution >= 0.6 is 0 Å². The number of nitrogens with zero attached hydrogens (tertiary/aromatic N) is 1. The molecule has 1 amide bonds. The van der Waals surface area contributed by atoms with E-state index < -0.39 is 35.1 Å². The second-order valence-electron chi connectivity index (χ2n) is 6.91. The minimum atomic E-state index is -1.15. The first-order valence-corrected chi connectivity index (χ1v) is 9.38. The second-order valence-corrected chi connectivity index (χ2v) is 6.91. The largest absolute Gasteiger partial charge is 0.507 e. The van der Waals surface area contributed by atoms with Gasteiger partial charge in [0.05, 0.1) is 18.7 Å². The van der Waals surface area contributed by atoms with Crippen molar-refractivity contribution in [2.75, 3.05) is 12.0 Å². The SMILES string of the molecule is COc1cccc(/C(O)=C2\C(=O)C(=O)N(c3ccc(F)c(F)c3)C2c2ccccc2)c1. The summed E-state index contributed by atoms with van der Waals surface area (Å²) < 4.78 is 32.6. The molecule has 0 aromatic heterocycles. The molecule has 0 spiro atoms. The Morgan fingerprint density at radius 2 is 1.68 bits per heavy atom. The maximum absolute atomic E-state index is 13.9. The van der Waals surface area contributed by atoms with Crippen LogP contribution in [0.2, 0.25) is 0 Å². The van der Waals surface area contributed by atoms with E-state index >= 15 is 0 Å². The van der Waals surface area contributed by atoms with E-state index in [-0.39, 0.29) is 16.8 Å². The number of methoxy groups -OCH3 is 1. The van der Waals surface area contributed by atoms with Crippen molar-refractivity contribution in [3.8, 4) is 5.75 Å². The van der Waals surface area contributed by atoms with Crippen molar-refractivity contribution in [1.82, 2.24) is 0 Å². The lowest BCUT2D eigenvalue weighted by Crippen LogP contribution is -2.29. The Kier molecular flexibility index (Phi) is 5.25. The zero-order chi connectivity index (χ0) is 22.1. The van der Waals surface area contributed by atoms with Crippen molar-refractivity contribution in [3.05, 3.63) is 101 Å². The molecule has 5 nitrogen and oxygen atoms in total. The number of Topliss-reactive ketones (excluding diaryl/α,β-unsaturated/α-hetero) is 1. The molecule has 3 aromatic rings. The third-order valence-electron chi connectivity index (χ3n) is 5.08. The fourth-order valence-corrected chi connectivity index (χ4v) is 3.61. The van der Waals surface area contributed by atoms with Crippen LogP contribution < -0.4 is 9.64 Å². The number of amides is 1. The monoisotopic (exact) mass is 421 g/mol. The van der Waals surface area contributed by atoms with Gasteiger partial charge in [0.1, 0.15) is 11.5 Å². The molecule has 1 unspecified atom stereocenters. The number of halogens is 2. The lowest BCUT2D eigenvalue weighted by Gasteiger charge is -2.25. The number of anilines is 1. The number of aliphatic hydroxyl groups excluding tert-OH is 1. The Hall–Kier alpha value is -4.00. The van der Waals surface area contributed by atoms with Crippen LogP contribution in [0.5, 0.6) is 5.75 Å². The molecule has 0 aliphatic carbocycles. The highest BCUT2D eigenvalue weighted by Gasteiger charge is 2.47. The molecule has 1 fully saturated rings. The van der Waals surface area contributed by atoms with E-state index in [4.69, 9.17) is 4.74 Å². The summed E-state index contributed by atoms with van der Waals surface area (Å²) in [6.07, 6.45) is 0. The predicted octanol–water partition coefficient (Wildman–Crippen LogP) is 4.60. The number of aliphatic hydroxyl groups is 1. The number of rotatable bonds is 4. The second kappa shape index (κ2) is 8.02. The van der Waals surface area contributed by atoms with Gasteiger partial charge in [0, 0.05) is 17.3 Å². The molecular weight excluding hydrogens is 404 g/mol. The van der Waals surface area contributed by atoms with Crippen LogP contribution in [-0.2, 0) is 9.59 Å². The number of carbonyl (C=O) groups excluding carboxylic acids is 2. The minimum absolute atomic E-state index is 0.000421. The van der Waals surface area contributed by atoms with Crippen molar-refractivity contribution in [2.24, 2.45) is 0 Å². The molecule has 0 bridgehead atoms. The first-order chi connectivity index (χ1) is 14.9. The van der Waals surface area contributed by atoms with Gasteiger partial charge in [0.25, 0.3) is 11.7 Å². The number of carbonyl (C=O) groups is 2. The quantitative estimate of drug-likeness (QED) is 0.380. The van der Waals surface area contributed by atoms with Gasteiger partial charge in [-0.25, -0.2) is 8.78 Å². The molecule has 1 saturated heterocycles. The molecule has 1 aliphatic rings. The van der Waals surface area contributed by atoms with Crippen LogP contribution in [0.25, 0.3) is 5.76 Å². The van der Waals surface area contributed by atoms with E-state index in [2.05, 4.69) is 0 Å². The van der Waals surface area contributed by atoms with Crippen molar-refractivity contribution in [1.29, 1.82) is 0 Å². The first-order valence-electron chi connectivity index (χ1n) is 9.38. The van der Waals surface area contributed by atoms with Crippen LogP contribution in [0.3, 0.4) is 0 Å². The number of hydrogen-bond acceptors (Lipinski definition) is 4. The summed E-state index contributed by atoms with van der Waals surface area (Å²) in [5, 5.41) is 11.0. The summed E-state index contributed by atoms with van der Waals surface area (Å²) in [4.78, 5) is 27.0. The van der Waals surface area contributed by atoms with Crippen molar-refractivity contribution >= 4 is 23.1 Å². The Morgan fingerprint density at radius 1 is 0.935 bits per heavy atom. The molecule has 3 aromatic carbocycles. The fourth-order valence-electron chi connectivity index (χ4n) is 3.61. The lowest BCUT2D eigenvalue weighted by molar-refractivity contribution is -0.132. The molecule has 31 heavy (non-hydrogen) atoms. The minimum Gasteiger partial charge on any atom is -0.507 e. The van der Waals surface area contributed by atoms with Crippen LogP contribution in [-0.4, -0.2) is 23.9 Å². The van der Waals surface area contributed by atoms with E-state index in [0.717, 1.165) is 17.0 Å². The van der Waals surface area contributed by atoms with Crippen molar-refractivity contribution < 1.29 is 28.2 Å². The van der Waals surface area contributed by atoms with Gasteiger partial charge in [-0.15, -0.1) is 0 Å². The molecule has 1 N–H and O–H groups in total. The molecule has 4 rings (SSSR count). The zero-order valence-corrected chi connectivity index (χ0v) is 16.4. The third kappa shape index (κ3) is 3.54. The van der Waals surface area contributed by atoms with Gasteiger partial charge >= 0.3 is 0 Å². The zero-order valence-electron chi connectivity index (χ0n) is 16.4. The molecule has 7 heteroatoms. The Balaban J connectivity index is 1.94. The average Bonchev–Trinajstić information content (AvgIpc) is 3.06. The maximum Gasteiger partial charge on any atom is 0.300 e. The van der Waals surface area contributed by atoms with Gasteiger partial charge in [-0.3, -0.25) is 14.5 Å². The van der Waals surface area contributed by atoms with E-state index in [1.54, 1.807) is 48.5 Å². The smallest absolute Gasteiger partial charge is 0.300 e. The normalized spacial score (nSPS) is 17.8. The van der Waals surface area contributed by atoms with Gasteiger partial charge in [-0.2, -0.15) is 0 Å². The summed E-state index contributed by atoms with van der Waals surface area (Å²) in [7, 11) is 1.46. The van der Waals surface area contributed by atoms with Crippen LogP contribution in [0.15, 0.2) is 78.4 Å². The number of ether oxygens (including phenoxy) is 1.